The van der Waals surface area contributed by atoms with Gasteiger partial charge in [-0.05, 0) is 19.1 Å². The second-order valence-electron chi connectivity index (χ2n) is 3.31. The fourth-order valence-electron chi connectivity index (χ4n) is 1.31. The molecule has 2 heterocycles. The van der Waals surface area contributed by atoms with Crippen molar-refractivity contribution in [3.05, 3.63) is 40.2 Å². The van der Waals surface area contributed by atoms with E-state index in [2.05, 4.69) is 15.1 Å². The van der Waals surface area contributed by atoms with Crippen molar-refractivity contribution in [1.82, 2.24) is 19.7 Å². The number of halogens is 3. The van der Waals surface area contributed by atoms with Crippen LogP contribution in [0.15, 0.2) is 23.1 Å². The predicted molar refractivity (Wildman–Crippen MR) is 51.7 cm³/mol. The summed E-state index contributed by atoms with van der Waals surface area (Å²) in [5.74, 6) is 0.493. The maximum atomic E-state index is 12.3. The number of hydrogen-bond acceptors (Lipinski definition) is 3. The van der Waals surface area contributed by atoms with Crippen LogP contribution in [-0.4, -0.2) is 19.7 Å². The van der Waals surface area contributed by atoms with E-state index in [1.165, 1.54) is 11.6 Å². The Bertz CT molecular complexity index is 582. The Hall–Kier alpha value is -2.12. The molecule has 0 aliphatic carbocycles. The average Bonchev–Trinajstić information content (AvgIpc) is 2.57. The van der Waals surface area contributed by atoms with E-state index in [1.54, 1.807) is 0 Å². The molecule has 1 N–H and O–H groups in total. The van der Waals surface area contributed by atoms with Crippen molar-refractivity contribution in [2.75, 3.05) is 0 Å². The van der Waals surface area contributed by atoms with Gasteiger partial charge in [0.05, 0.1) is 5.56 Å². The maximum absolute atomic E-state index is 12.3. The first kappa shape index (κ1) is 11.4. The molecule has 90 valence electrons. The minimum atomic E-state index is -4.43. The minimum Gasteiger partial charge on any atom is -0.244 e. The Labute approximate surface area is 92.9 Å². The monoisotopic (exact) mass is 244 g/mol. The van der Waals surface area contributed by atoms with Crippen LogP contribution >= 0.6 is 0 Å². The molecular formula is C9H7F3N4O. The summed E-state index contributed by atoms with van der Waals surface area (Å²) < 4.78 is 38.1. The number of aryl methyl sites for hydroxylation is 1. The Morgan fingerprint density at radius 3 is 2.47 bits per heavy atom. The second kappa shape index (κ2) is 3.72. The van der Waals surface area contributed by atoms with Crippen LogP contribution in [0.5, 0.6) is 0 Å². The topological polar surface area (TPSA) is 63.6 Å². The van der Waals surface area contributed by atoms with E-state index in [9.17, 15) is 18.0 Å². The molecule has 0 atom stereocenters. The zero-order valence-electron chi connectivity index (χ0n) is 8.62. The zero-order valence-corrected chi connectivity index (χ0v) is 8.62. The van der Waals surface area contributed by atoms with Crippen LogP contribution in [0.1, 0.15) is 11.4 Å². The van der Waals surface area contributed by atoms with Crippen molar-refractivity contribution in [2.45, 2.75) is 13.1 Å². The van der Waals surface area contributed by atoms with E-state index in [-0.39, 0.29) is 5.82 Å². The van der Waals surface area contributed by atoms with Gasteiger partial charge in [0.15, 0.2) is 5.82 Å². The van der Waals surface area contributed by atoms with Gasteiger partial charge in [-0.2, -0.15) is 18.2 Å². The Morgan fingerprint density at radius 1 is 1.35 bits per heavy atom. The lowest BCUT2D eigenvalue weighted by Gasteiger charge is -2.07. The number of pyridine rings is 1. The molecule has 0 fully saturated rings. The van der Waals surface area contributed by atoms with E-state index in [4.69, 9.17) is 0 Å². The van der Waals surface area contributed by atoms with Crippen molar-refractivity contribution >= 4 is 0 Å². The summed E-state index contributed by atoms with van der Waals surface area (Å²) >= 11 is 0. The number of H-pyrrole nitrogens is 1. The van der Waals surface area contributed by atoms with E-state index in [0.717, 1.165) is 12.1 Å². The van der Waals surface area contributed by atoms with Gasteiger partial charge in [-0.3, -0.25) is 0 Å². The fourth-order valence-corrected chi connectivity index (χ4v) is 1.31. The highest BCUT2D eigenvalue weighted by Gasteiger charge is 2.30. The number of alkyl halides is 3. The Morgan fingerprint density at radius 2 is 2.06 bits per heavy atom. The third-order valence-electron chi connectivity index (χ3n) is 2.10. The minimum absolute atomic E-state index is 0.171. The van der Waals surface area contributed by atoms with Gasteiger partial charge in [-0.1, -0.05) is 0 Å². The first-order valence-corrected chi connectivity index (χ1v) is 4.57. The van der Waals surface area contributed by atoms with Crippen LogP contribution in [0, 0.1) is 6.92 Å². The second-order valence-corrected chi connectivity index (χ2v) is 3.31. The lowest BCUT2D eigenvalue weighted by molar-refractivity contribution is -0.137. The summed E-state index contributed by atoms with van der Waals surface area (Å²) in [5.41, 5.74) is -1.43. The van der Waals surface area contributed by atoms with Crippen LogP contribution in [-0.2, 0) is 6.18 Å². The van der Waals surface area contributed by atoms with Crippen LogP contribution in [0.25, 0.3) is 5.82 Å². The van der Waals surface area contributed by atoms with Gasteiger partial charge < -0.3 is 0 Å². The molecule has 2 rings (SSSR count). The van der Waals surface area contributed by atoms with Gasteiger partial charge in [0, 0.05) is 6.20 Å². The maximum Gasteiger partial charge on any atom is 0.417 e. The van der Waals surface area contributed by atoms with Crippen molar-refractivity contribution in [3.63, 3.8) is 0 Å². The standard InChI is InChI=1S/C9H7F3N4O/c1-5-14-8(17)15-16(5)7-3-2-6(4-13-7)9(10,11)12/h2-4H,1H3,(H,15,17). The quantitative estimate of drug-likeness (QED) is 0.821. The molecule has 0 radical (unpaired) electrons. The average molecular weight is 244 g/mol. The van der Waals surface area contributed by atoms with Crippen molar-refractivity contribution < 1.29 is 13.2 Å². The fraction of sp³-hybridized carbons (Fsp3) is 0.222. The van der Waals surface area contributed by atoms with Crippen LogP contribution < -0.4 is 5.69 Å². The summed E-state index contributed by atoms with van der Waals surface area (Å²) in [6, 6.07) is 2.05. The van der Waals surface area contributed by atoms with E-state index in [1.807, 2.05) is 0 Å². The van der Waals surface area contributed by atoms with Crippen LogP contribution in [0.4, 0.5) is 13.2 Å². The van der Waals surface area contributed by atoms with Crippen molar-refractivity contribution in [3.8, 4) is 5.82 Å². The molecule has 0 unspecified atom stereocenters. The number of hydrogen-bond donors (Lipinski definition) is 1. The first-order valence-electron chi connectivity index (χ1n) is 4.57. The lowest BCUT2D eigenvalue weighted by atomic mass is 10.3. The summed E-state index contributed by atoms with van der Waals surface area (Å²) in [4.78, 5) is 18.1. The molecule has 0 aliphatic rings. The third kappa shape index (κ3) is 2.19. The highest BCUT2D eigenvalue weighted by atomic mass is 19.4. The van der Waals surface area contributed by atoms with Gasteiger partial charge in [0.1, 0.15) is 5.82 Å². The largest absolute Gasteiger partial charge is 0.417 e. The molecule has 5 nitrogen and oxygen atoms in total. The SMILES string of the molecule is Cc1nc(=O)[nH]n1-c1ccc(C(F)(F)F)cn1. The number of aromatic nitrogens is 4. The molecule has 2 aromatic rings. The number of rotatable bonds is 1. The molecule has 0 saturated heterocycles. The van der Waals surface area contributed by atoms with Gasteiger partial charge in [0.25, 0.3) is 0 Å². The normalized spacial score (nSPS) is 11.8. The summed E-state index contributed by atoms with van der Waals surface area (Å²) in [6.45, 7) is 1.54. The van der Waals surface area contributed by atoms with Crippen molar-refractivity contribution in [2.24, 2.45) is 0 Å². The van der Waals surface area contributed by atoms with Gasteiger partial charge in [-0.25, -0.2) is 19.6 Å². The molecule has 0 bridgehead atoms. The third-order valence-corrected chi connectivity index (χ3v) is 2.10. The molecule has 0 spiro atoms. The Balaban J connectivity index is 2.43. The number of aromatic amines is 1. The molecule has 0 aromatic carbocycles. The van der Waals surface area contributed by atoms with Crippen LogP contribution in [0.3, 0.4) is 0 Å². The van der Waals surface area contributed by atoms with Crippen LogP contribution in [0.2, 0.25) is 0 Å². The molecule has 0 saturated carbocycles. The summed E-state index contributed by atoms with van der Waals surface area (Å²) in [5, 5.41) is 2.33. The molecule has 0 amide bonds. The number of nitrogens with zero attached hydrogens (tertiary/aromatic N) is 3. The molecule has 2 aromatic heterocycles. The smallest absolute Gasteiger partial charge is 0.244 e. The highest BCUT2D eigenvalue weighted by Crippen LogP contribution is 2.28. The Kier molecular flexibility index (Phi) is 2.49. The summed E-state index contributed by atoms with van der Waals surface area (Å²) in [6.07, 6.45) is -3.73. The number of nitrogens with one attached hydrogen (secondary N) is 1. The highest BCUT2D eigenvalue weighted by molar-refractivity contribution is 5.26. The molecule has 0 aliphatic heterocycles. The molecule has 17 heavy (non-hydrogen) atoms. The van der Waals surface area contributed by atoms with E-state index in [0.29, 0.717) is 12.0 Å². The van der Waals surface area contributed by atoms with Gasteiger partial charge in [-0.15, -0.1) is 0 Å². The first-order chi connectivity index (χ1) is 7.88. The van der Waals surface area contributed by atoms with Gasteiger partial charge >= 0.3 is 11.9 Å². The molecular weight excluding hydrogens is 237 g/mol. The molecule has 8 heteroatoms. The zero-order chi connectivity index (χ0) is 12.6. The lowest BCUT2D eigenvalue weighted by Crippen LogP contribution is -2.09. The summed E-state index contributed by atoms with van der Waals surface area (Å²) in [7, 11) is 0. The van der Waals surface area contributed by atoms with Crippen molar-refractivity contribution in [1.29, 1.82) is 0 Å². The van der Waals surface area contributed by atoms with E-state index < -0.39 is 17.4 Å². The predicted octanol–water partition coefficient (Wildman–Crippen LogP) is 1.28. The van der Waals surface area contributed by atoms with E-state index >= 15 is 0 Å². The van der Waals surface area contributed by atoms with Gasteiger partial charge in [0.2, 0.25) is 0 Å².